The maximum absolute atomic E-state index is 11.2. The highest BCUT2D eigenvalue weighted by molar-refractivity contribution is 5.91. The van der Waals surface area contributed by atoms with E-state index in [0.717, 1.165) is 0 Å². The largest absolute Gasteiger partial charge is 0.493 e. The Morgan fingerprint density at radius 1 is 1.32 bits per heavy atom. The van der Waals surface area contributed by atoms with Gasteiger partial charge in [0.1, 0.15) is 28.8 Å². The lowest BCUT2D eigenvalue weighted by molar-refractivity contribution is 0.0692. The number of benzene rings is 1. The first-order valence-corrected chi connectivity index (χ1v) is 7.60. The molecule has 0 atom stereocenters. The fourth-order valence-corrected chi connectivity index (χ4v) is 2.16. The predicted molar refractivity (Wildman–Crippen MR) is 92.4 cm³/mol. The summed E-state index contributed by atoms with van der Waals surface area (Å²) in [6, 6.07) is 8.05. The number of carboxylic acids is 1. The quantitative estimate of drug-likeness (QED) is 0.700. The molecule has 0 fully saturated rings. The van der Waals surface area contributed by atoms with Gasteiger partial charge >= 0.3 is 5.97 Å². The lowest BCUT2D eigenvalue weighted by Gasteiger charge is -2.13. The van der Waals surface area contributed by atoms with E-state index >= 15 is 0 Å². The van der Waals surface area contributed by atoms with E-state index in [1.165, 1.54) is 12.1 Å². The molecule has 0 radical (unpaired) electrons. The monoisotopic (exact) mass is 342 g/mol. The van der Waals surface area contributed by atoms with E-state index in [9.17, 15) is 9.90 Å². The van der Waals surface area contributed by atoms with Gasteiger partial charge in [-0.2, -0.15) is 10.2 Å². The Balaban J connectivity index is 2.38. The topological polar surface area (TPSA) is 130 Å². The van der Waals surface area contributed by atoms with Crippen molar-refractivity contribution in [3.05, 3.63) is 35.4 Å². The van der Waals surface area contributed by atoms with E-state index in [1.54, 1.807) is 26.0 Å². The van der Waals surface area contributed by atoms with Crippen LogP contribution in [0, 0.1) is 11.3 Å². The zero-order valence-electron chi connectivity index (χ0n) is 13.9. The van der Waals surface area contributed by atoms with Crippen molar-refractivity contribution < 1.29 is 19.4 Å². The number of hydrogen-bond acceptors (Lipinski definition) is 7. The highest BCUT2D eigenvalue weighted by Gasteiger charge is 2.14. The first-order chi connectivity index (χ1) is 12.0. The van der Waals surface area contributed by atoms with E-state index in [0.29, 0.717) is 24.7 Å². The van der Waals surface area contributed by atoms with Crippen molar-refractivity contribution in [3.63, 3.8) is 0 Å². The summed E-state index contributed by atoms with van der Waals surface area (Å²) < 4.78 is 10.7. The summed E-state index contributed by atoms with van der Waals surface area (Å²) >= 11 is 0. The fraction of sp³-hybridized carbons (Fsp3) is 0.235. The average molecular weight is 342 g/mol. The molecule has 0 saturated carbocycles. The van der Waals surface area contributed by atoms with Crippen LogP contribution in [0.15, 0.2) is 24.3 Å². The highest BCUT2D eigenvalue weighted by Crippen LogP contribution is 2.29. The van der Waals surface area contributed by atoms with Gasteiger partial charge < -0.3 is 25.6 Å². The van der Waals surface area contributed by atoms with Crippen LogP contribution in [0.25, 0.3) is 0 Å². The van der Waals surface area contributed by atoms with Crippen LogP contribution >= 0.6 is 0 Å². The molecule has 2 aromatic rings. The summed E-state index contributed by atoms with van der Waals surface area (Å²) in [5.41, 5.74) is 6.90. The van der Waals surface area contributed by atoms with Crippen molar-refractivity contribution in [2.45, 2.75) is 13.8 Å². The number of nitrogens with two attached hydrogens (primary N) is 1. The summed E-state index contributed by atoms with van der Waals surface area (Å²) in [7, 11) is 0. The molecule has 2 rings (SSSR count). The molecular formula is C17H18N4O4. The minimum atomic E-state index is -1.07. The van der Waals surface area contributed by atoms with E-state index in [1.807, 2.05) is 6.07 Å². The van der Waals surface area contributed by atoms with Gasteiger partial charge in [-0.15, -0.1) is 0 Å². The van der Waals surface area contributed by atoms with Crippen LogP contribution < -0.4 is 20.5 Å². The molecule has 0 unspecified atom stereocenters. The van der Waals surface area contributed by atoms with Gasteiger partial charge in [0.15, 0.2) is 0 Å². The molecule has 1 aromatic carbocycles. The van der Waals surface area contributed by atoms with Crippen LogP contribution in [-0.4, -0.2) is 29.3 Å². The van der Waals surface area contributed by atoms with Crippen molar-refractivity contribution in [1.82, 2.24) is 4.98 Å². The average Bonchev–Trinajstić information content (AvgIpc) is 2.55. The SMILES string of the molecule is CCOc1cc(Nc2cc(N)c(C#N)c(OCC)n2)ccc1C(=O)O. The Kier molecular flexibility index (Phi) is 5.63. The number of aromatic carboxylic acids is 1. The van der Waals surface area contributed by atoms with Crippen molar-refractivity contribution in [2.24, 2.45) is 0 Å². The number of ether oxygens (including phenoxy) is 2. The predicted octanol–water partition coefficient (Wildman–Crippen LogP) is 2.77. The zero-order valence-corrected chi connectivity index (χ0v) is 13.9. The maximum atomic E-state index is 11.2. The zero-order chi connectivity index (χ0) is 18.4. The first-order valence-electron chi connectivity index (χ1n) is 7.60. The molecule has 0 amide bonds. The third kappa shape index (κ3) is 4.09. The Bertz CT molecular complexity index is 830. The van der Waals surface area contributed by atoms with Crippen molar-refractivity contribution in [2.75, 3.05) is 24.3 Å². The Morgan fingerprint density at radius 2 is 2.04 bits per heavy atom. The normalized spacial score (nSPS) is 9.96. The van der Waals surface area contributed by atoms with Gasteiger partial charge in [0.05, 0.1) is 18.9 Å². The van der Waals surface area contributed by atoms with E-state index < -0.39 is 5.97 Å². The Morgan fingerprint density at radius 3 is 2.64 bits per heavy atom. The van der Waals surface area contributed by atoms with Crippen LogP contribution in [0.5, 0.6) is 11.6 Å². The molecular weight excluding hydrogens is 324 g/mol. The second-order valence-electron chi connectivity index (χ2n) is 4.90. The molecule has 130 valence electrons. The standard InChI is InChI=1S/C17H18N4O4/c1-3-24-14-7-10(5-6-11(14)17(22)23)20-15-8-13(19)12(9-18)16(21-15)25-4-2/h5-8H,3-4H2,1-2H3,(H,22,23)(H3,19,20,21). The van der Waals surface area contributed by atoms with Crippen LogP contribution in [0.2, 0.25) is 0 Å². The number of rotatable bonds is 7. The van der Waals surface area contributed by atoms with Gasteiger partial charge in [-0.05, 0) is 26.0 Å². The minimum Gasteiger partial charge on any atom is -0.493 e. The Hall–Kier alpha value is -3.47. The number of carboxylic acid groups (broad SMARTS) is 1. The number of pyridine rings is 1. The third-order valence-corrected chi connectivity index (χ3v) is 3.19. The number of hydrogen-bond donors (Lipinski definition) is 3. The molecule has 0 bridgehead atoms. The third-order valence-electron chi connectivity index (χ3n) is 3.19. The molecule has 0 spiro atoms. The van der Waals surface area contributed by atoms with Crippen LogP contribution in [-0.2, 0) is 0 Å². The number of nitriles is 1. The van der Waals surface area contributed by atoms with Crippen LogP contribution in [0.3, 0.4) is 0 Å². The molecule has 1 heterocycles. The van der Waals surface area contributed by atoms with Gasteiger partial charge in [-0.1, -0.05) is 0 Å². The molecule has 25 heavy (non-hydrogen) atoms. The first kappa shape index (κ1) is 17.9. The van der Waals surface area contributed by atoms with Gasteiger partial charge in [0, 0.05) is 17.8 Å². The van der Waals surface area contributed by atoms with Crippen molar-refractivity contribution in [1.29, 1.82) is 5.26 Å². The highest BCUT2D eigenvalue weighted by atomic mass is 16.5. The summed E-state index contributed by atoms with van der Waals surface area (Å²) in [6.07, 6.45) is 0. The Labute approximate surface area is 144 Å². The van der Waals surface area contributed by atoms with Crippen LogP contribution in [0.1, 0.15) is 29.8 Å². The second-order valence-corrected chi connectivity index (χ2v) is 4.90. The van der Waals surface area contributed by atoms with Crippen molar-refractivity contribution in [3.8, 4) is 17.7 Å². The molecule has 0 aliphatic carbocycles. The van der Waals surface area contributed by atoms with Gasteiger partial charge in [0.25, 0.3) is 0 Å². The summed E-state index contributed by atoms with van der Waals surface area (Å²) in [6.45, 7) is 4.22. The molecule has 8 heteroatoms. The summed E-state index contributed by atoms with van der Waals surface area (Å²) in [5, 5.41) is 21.3. The van der Waals surface area contributed by atoms with Gasteiger partial charge in [0.2, 0.25) is 5.88 Å². The number of nitrogens with zero attached hydrogens (tertiary/aromatic N) is 2. The van der Waals surface area contributed by atoms with Crippen LogP contribution in [0.4, 0.5) is 17.2 Å². The molecule has 0 aliphatic rings. The molecule has 0 aliphatic heterocycles. The molecule has 8 nitrogen and oxygen atoms in total. The lowest BCUT2D eigenvalue weighted by atomic mass is 10.1. The lowest BCUT2D eigenvalue weighted by Crippen LogP contribution is -2.06. The smallest absolute Gasteiger partial charge is 0.339 e. The molecule has 0 saturated heterocycles. The van der Waals surface area contributed by atoms with Gasteiger partial charge in [-0.25, -0.2) is 4.79 Å². The minimum absolute atomic E-state index is 0.0645. The molecule has 1 aromatic heterocycles. The van der Waals surface area contributed by atoms with Gasteiger partial charge in [-0.3, -0.25) is 0 Å². The molecule has 4 N–H and O–H groups in total. The summed E-state index contributed by atoms with van der Waals surface area (Å²) in [5.74, 6) is -0.328. The van der Waals surface area contributed by atoms with E-state index in [-0.39, 0.29) is 28.4 Å². The number of nitrogens with one attached hydrogen (secondary N) is 1. The maximum Gasteiger partial charge on any atom is 0.339 e. The number of aromatic nitrogens is 1. The second kappa shape index (κ2) is 7.88. The number of carbonyl (C=O) groups is 1. The van der Waals surface area contributed by atoms with Crippen molar-refractivity contribution >= 4 is 23.2 Å². The fourth-order valence-electron chi connectivity index (χ4n) is 2.16. The number of anilines is 3. The van der Waals surface area contributed by atoms with E-state index in [2.05, 4.69) is 10.3 Å². The number of nitrogen functional groups attached to an aromatic ring is 1. The van der Waals surface area contributed by atoms with E-state index in [4.69, 9.17) is 20.5 Å². The summed E-state index contributed by atoms with van der Waals surface area (Å²) in [4.78, 5) is 15.5.